The molecule has 2 amide bonds. The Balaban J connectivity index is 1.24. The molecule has 2 aromatic rings. The van der Waals surface area contributed by atoms with Crippen LogP contribution >= 0.6 is 0 Å². The zero-order valence-electron chi connectivity index (χ0n) is 20.4. The molecule has 0 spiro atoms. The van der Waals surface area contributed by atoms with Gasteiger partial charge >= 0.3 is 0 Å². The van der Waals surface area contributed by atoms with Crippen LogP contribution in [0.15, 0.2) is 45.9 Å². The summed E-state index contributed by atoms with van der Waals surface area (Å²) in [6.07, 6.45) is 6.22. The van der Waals surface area contributed by atoms with Crippen LogP contribution in [0.2, 0.25) is 0 Å². The molecule has 0 N–H and O–H groups in total. The number of hydrogen-bond donors (Lipinski definition) is 0. The number of amides is 2. The Morgan fingerprint density at radius 3 is 2.46 bits per heavy atom. The number of nitrogens with zero attached hydrogens (tertiary/aromatic N) is 3. The molecule has 2 fully saturated rings. The fourth-order valence-corrected chi connectivity index (χ4v) is 6.99. The second-order valence-electron chi connectivity index (χ2n) is 10.1. The lowest BCUT2D eigenvalue weighted by molar-refractivity contribution is -0.136. The molecule has 0 bridgehead atoms. The summed E-state index contributed by atoms with van der Waals surface area (Å²) in [6.45, 7) is 3.05. The quantitative estimate of drug-likeness (QED) is 0.608. The fourth-order valence-electron chi connectivity index (χ4n) is 5.47. The van der Waals surface area contributed by atoms with E-state index in [-0.39, 0.29) is 34.6 Å². The van der Waals surface area contributed by atoms with E-state index in [1.807, 2.05) is 17.9 Å². The summed E-state index contributed by atoms with van der Waals surface area (Å²) in [6, 6.07) is 8.82. The summed E-state index contributed by atoms with van der Waals surface area (Å²) >= 11 is 0. The first-order chi connectivity index (χ1) is 16.8. The van der Waals surface area contributed by atoms with Gasteiger partial charge < -0.3 is 14.2 Å². The van der Waals surface area contributed by atoms with Crippen molar-refractivity contribution in [1.29, 1.82) is 0 Å². The molecule has 2 aliphatic heterocycles. The van der Waals surface area contributed by atoms with E-state index < -0.39 is 10.0 Å². The highest BCUT2D eigenvalue weighted by Gasteiger charge is 2.38. The Hall–Kier alpha value is -2.65. The summed E-state index contributed by atoms with van der Waals surface area (Å²) in [7, 11) is -1.92. The lowest BCUT2D eigenvalue weighted by atomic mass is 9.84. The van der Waals surface area contributed by atoms with Crippen molar-refractivity contribution in [3.63, 3.8) is 0 Å². The molecule has 1 saturated heterocycles. The largest absolute Gasteiger partial charge is 0.467 e. The van der Waals surface area contributed by atoms with Gasteiger partial charge in [-0.3, -0.25) is 9.59 Å². The van der Waals surface area contributed by atoms with E-state index in [4.69, 9.17) is 4.42 Å². The first-order valence-corrected chi connectivity index (χ1v) is 13.9. The summed E-state index contributed by atoms with van der Waals surface area (Å²) < 4.78 is 33.6. The topological polar surface area (TPSA) is 91.1 Å². The van der Waals surface area contributed by atoms with Crippen LogP contribution in [0.5, 0.6) is 0 Å². The molecule has 0 unspecified atom stereocenters. The predicted molar refractivity (Wildman–Crippen MR) is 131 cm³/mol. The second-order valence-corrected chi connectivity index (χ2v) is 12.1. The minimum absolute atomic E-state index is 0.0150. The van der Waals surface area contributed by atoms with Crippen LogP contribution in [0, 0.1) is 11.8 Å². The SMILES string of the molecule is C[C@H]1Cc2cc(S(=O)(=O)N3CCC(C(=O)N(C)Cc4ccco4)CC3)ccc2N1C(=O)C1CCC1. The van der Waals surface area contributed by atoms with Crippen molar-refractivity contribution in [3.8, 4) is 0 Å². The summed E-state index contributed by atoms with van der Waals surface area (Å²) in [5.74, 6) is 0.810. The van der Waals surface area contributed by atoms with Gasteiger partial charge in [0.15, 0.2) is 0 Å². The molecule has 1 atom stereocenters. The minimum Gasteiger partial charge on any atom is -0.467 e. The van der Waals surface area contributed by atoms with E-state index in [9.17, 15) is 18.0 Å². The lowest BCUT2D eigenvalue weighted by Gasteiger charge is -2.33. The third-order valence-corrected chi connectivity index (χ3v) is 9.64. The molecule has 3 heterocycles. The van der Waals surface area contributed by atoms with Gasteiger partial charge in [-0.2, -0.15) is 4.31 Å². The monoisotopic (exact) mass is 499 g/mol. The Bertz CT molecular complexity index is 1200. The molecule has 1 aliphatic carbocycles. The van der Waals surface area contributed by atoms with Crippen LogP contribution in [-0.2, 0) is 32.6 Å². The van der Waals surface area contributed by atoms with Gasteiger partial charge in [-0.05, 0) is 74.9 Å². The van der Waals surface area contributed by atoms with Crippen molar-refractivity contribution in [3.05, 3.63) is 47.9 Å². The van der Waals surface area contributed by atoms with E-state index in [0.29, 0.717) is 38.9 Å². The Kier molecular flexibility index (Phi) is 6.48. The van der Waals surface area contributed by atoms with Crippen molar-refractivity contribution in [2.75, 3.05) is 25.0 Å². The molecule has 3 aliphatic rings. The smallest absolute Gasteiger partial charge is 0.243 e. The molecule has 1 aromatic heterocycles. The van der Waals surface area contributed by atoms with Gasteiger partial charge in [0.05, 0.1) is 17.7 Å². The number of benzene rings is 1. The average Bonchev–Trinajstić information content (AvgIpc) is 3.43. The van der Waals surface area contributed by atoms with Crippen molar-refractivity contribution >= 4 is 27.5 Å². The molecule has 1 aromatic carbocycles. The van der Waals surface area contributed by atoms with Gasteiger partial charge in [0.2, 0.25) is 21.8 Å². The molecule has 1 saturated carbocycles. The fraction of sp³-hybridized carbons (Fsp3) is 0.538. The normalized spacial score (nSPS) is 21.5. The van der Waals surface area contributed by atoms with Gasteiger partial charge in [-0.25, -0.2) is 8.42 Å². The van der Waals surface area contributed by atoms with Crippen LogP contribution < -0.4 is 4.90 Å². The van der Waals surface area contributed by atoms with Crippen LogP contribution in [-0.4, -0.2) is 55.6 Å². The van der Waals surface area contributed by atoms with E-state index in [0.717, 1.165) is 36.3 Å². The van der Waals surface area contributed by atoms with Crippen LogP contribution in [0.3, 0.4) is 0 Å². The standard InChI is InChI=1S/C26H33N3O5S/c1-18-15-21-16-23(8-9-24(21)29(18)26(31)19-5-3-6-19)35(32,33)28-12-10-20(11-13-28)25(30)27(2)17-22-7-4-14-34-22/h4,7-9,14,16,18-20H,3,5-6,10-13,15,17H2,1-2H3/t18-/m0/s1. The number of carbonyl (C=O) groups is 2. The Morgan fingerprint density at radius 2 is 1.83 bits per heavy atom. The molecule has 188 valence electrons. The summed E-state index contributed by atoms with van der Waals surface area (Å²) in [5.41, 5.74) is 1.76. The highest BCUT2D eigenvalue weighted by atomic mass is 32.2. The first-order valence-electron chi connectivity index (χ1n) is 12.5. The van der Waals surface area contributed by atoms with Crippen LogP contribution in [0.25, 0.3) is 0 Å². The summed E-state index contributed by atoms with van der Waals surface area (Å²) in [4.78, 5) is 29.5. The van der Waals surface area contributed by atoms with Gasteiger partial charge in [-0.1, -0.05) is 6.42 Å². The predicted octanol–water partition coefficient (Wildman–Crippen LogP) is 3.42. The van der Waals surface area contributed by atoms with Crippen molar-refractivity contribution in [1.82, 2.24) is 9.21 Å². The average molecular weight is 500 g/mol. The number of hydrogen-bond acceptors (Lipinski definition) is 5. The van der Waals surface area contributed by atoms with E-state index >= 15 is 0 Å². The third kappa shape index (κ3) is 4.51. The van der Waals surface area contributed by atoms with Crippen LogP contribution in [0.1, 0.15) is 50.4 Å². The van der Waals surface area contributed by atoms with E-state index in [2.05, 4.69) is 0 Å². The maximum atomic E-state index is 13.4. The number of sulfonamides is 1. The Labute approximate surface area is 206 Å². The van der Waals surface area contributed by atoms with Crippen molar-refractivity contribution in [2.24, 2.45) is 11.8 Å². The van der Waals surface area contributed by atoms with Gasteiger partial charge in [-0.15, -0.1) is 0 Å². The molecule has 35 heavy (non-hydrogen) atoms. The number of anilines is 1. The van der Waals surface area contributed by atoms with Gasteiger partial charge in [0.1, 0.15) is 5.76 Å². The molecule has 0 radical (unpaired) electrons. The number of furan rings is 1. The van der Waals surface area contributed by atoms with Crippen molar-refractivity contribution < 1.29 is 22.4 Å². The van der Waals surface area contributed by atoms with Gasteiger partial charge in [0, 0.05) is 43.7 Å². The maximum absolute atomic E-state index is 13.4. The van der Waals surface area contributed by atoms with E-state index in [1.165, 1.54) is 4.31 Å². The number of piperidine rings is 1. The first kappa shape index (κ1) is 24.1. The second kappa shape index (κ2) is 9.43. The highest BCUT2D eigenvalue weighted by molar-refractivity contribution is 7.89. The summed E-state index contributed by atoms with van der Waals surface area (Å²) in [5, 5.41) is 0. The maximum Gasteiger partial charge on any atom is 0.243 e. The molecule has 9 heteroatoms. The number of fused-ring (bicyclic) bond motifs is 1. The van der Waals surface area contributed by atoms with Gasteiger partial charge in [0.25, 0.3) is 0 Å². The zero-order chi connectivity index (χ0) is 24.7. The molecule has 8 nitrogen and oxygen atoms in total. The Morgan fingerprint density at radius 1 is 1.09 bits per heavy atom. The van der Waals surface area contributed by atoms with Crippen LogP contribution in [0.4, 0.5) is 5.69 Å². The zero-order valence-corrected chi connectivity index (χ0v) is 21.2. The lowest BCUT2D eigenvalue weighted by Crippen LogP contribution is -2.43. The number of rotatable bonds is 6. The molecular weight excluding hydrogens is 466 g/mol. The molecular formula is C26H33N3O5S. The third-order valence-electron chi connectivity index (χ3n) is 7.75. The number of carbonyl (C=O) groups excluding carboxylic acids is 2. The molecule has 5 rings (SSSR count). The van der Waals surface area contributed by atoms with E-state index in [1.54, 1.807) is 42.5 Å². The van der Waals surface area contributed by atoms with Crippen molar-refractivity contribution in [2.45, 2.75) is 62.9 Å². The minimum atomic E-state index is -3.67. The highest BCUT2D eigenvalue weighted by Crippen LogP contribution is 2.39.